The lowest BCUT2D eigenvalue weighted by Gasteiger charge is -2.22. The van der Waals surface area contributed by atoms with Crippen LogP contribution in [0.15, 0.2) is 17.0 Å². The van der Waals surface area contributed by atoms with Crippen molar-refractivity contribution in [2.75, 3.05) is 13.2 Å². The fraction of sp³-hybridized carbons (Fsp3) is 0.667. The second-order valence-electron chi connectivity index (χ2n) is 8.88. The lowest BCUT2D eigenvalue weighted by Crippen LogP contribution is -2.19. The van der Waals surface area contributed by atoms with Crippen molar-refractivity contribution in [2.24, 2.45) is 11.8 Å². The Morgan fingerprint density at radius 3 is 1.88 bits per heavy atom. The molecule has 0 unspecified atom stereocenters. The van der Waals surface area contributed by atoms with Crippen molar-refractivity contribution in [1.82, 2.24) is 0 Å². The molecule has 3 rings (SSSR count). The van der Waals surface area contributed by atoms with E-state index >= 15 is 0 Å². The number of esters is 2. The summed E-state index contributed by atoms with van der Waals surface area (Å²) in [6.07, 6.45) is 13.6. The van der Waals surface area contributed by atoms with E-state index in [0.29, 0.717) is 23.9 Å². The molecule has 1 aromatic carbocycles. The van der Waals surface area contributed by atoms with Gasteiger partial charge in [0, 0.05) is 0 Å². The largest absolute Gasteiger partial charge is 0.462 e. The Morgan fingerprint density at radius 1 is 0.848 bits per heavy atom. The predicted molar refractivity (Wildman–Crippen MR) is 125 cm³/mol. The average Bonchev–Trinajstić information content (AvgIpc) is 2.84. The van der Waals surface area contributed by atoms with E-state index in [-0.39, 0.29) is 34.3 Å². The van der Waals surface area contributed by atoms with Gasteiger partial charge in [-0.3, -0.25) is 0 Å². The third kappa shape index (κ3) is 8.14. The second-order valence-corrected chi connectivity index (χ2v) is 10.0. The fourth-order valence-electron chi connectivity index (χ4n) is 4.81. The first-order chi connectivity index (χ1) is 16.1. The Balaban J connectivity index is 1.67. The Labute approximate surface area is 204 Å². The number of benzene rings is 1. The Morgan fingerprint density at radius 2 is 1.36 bits per heavy atom. The molecule has 9 heteroatoms. The lowest BCUT2D eigenvalue weighted by atomic mass is 9.87. The van der Waals surface area contributed by atoms with Gasteiger partial charge in [0.15, 0.2) is 0 Å². The number of hydrogen-bond acceptors (Lipinski definition) is 8. The Kier molecular flexibility index (Phi) is 11.3. The van der Waals surface area contributed by atoms with Crippen LogP contribution in [-0.4, -0.2) is 30.4 Å². The summed E-state index contributed by atoms with van der Waals surface area (Å²) in [7, 11) is 0. The van der Waals surface area contributed by atoms with Crippen molar-refractivity contribution in [3.63, 3.8) is 0 Å². The van der Waals surface area contributed by atoms with Gasteiger partial charge in [0.05, 0.1) is 46.3 Å². The van der Waals surface area contributed by atoms with Gasteiger partial charge in [0.1, 0.15) is 0 Å². The molecule has 1 aromatic rings. The molecule has 2 saturated carbocycles. The van der Waals surface area contributed by atoms with Crippen molar-refractivity contribution in [3.05, 3.63) is 28.3 Å². The van der Waals surface area contributed by atoms with Crippen LogP contribution in [-0.2, 0) is 18.8 Å². The molecule has 2 aliphatic rings. The lowest BCUT2D eigenvalue weighted by molar-refractivity contribution is -0.432. The number of carbonyl (C=O) groups is 2. The molecular weight excluding hydrogens is 468 g/mol. The molecule has 0 heterocycles. The summed E-state index contributed by atoms with van der Waals surface area (Å²) in [5, 5.41) is 12.3. The topological polar surface area (TPSA) is 91.3 Å². The maximum Gasteiger partial charge on any atom is 0.340 e. The van der Waals surface area contributed by atoms with Crippen molar-refractivity contribution < 1.29 is 33.7 Å². The number of ether oxygens (including phenoxy) is 2. The number of rotatable bonds is 11. The van der Waals surface area contributed by atoms with E-state index < -0.39 is 11.9 Å². The monoisotopic (exact) mass is 500 g/mol. The normalized spacial score (nSPS) is 17.6. The highest BCUT2D eigenvalue weighted by Gasteiger charge is 2.28. The van der Waals surface area contributed by atoms with E-state index in [1.54, 1.807) is 0 Å². The minimum atomic E-state index is -0.684. The Bertz CT molecular complexity index is 776. The molecule has 2 aliphatic carbocycles. The standard InChI is InChI=1S/C24H33ClO7S/c25-19-11-12-20(33-32-31-28)22(24(27)30-16-14-18-9-5-2-6-10-18)21(19)23(26)29-15-13-17-7-3-1-4-8-17/h11-12,17-18,28H,1-10,13-16H2. The van der Waals surface area contributed by atoms with Gasteiger partial charge in [-0.1, -0.05) is 80.8 Å². The molecular formula is C24H33ClO7S. The summed E-state index contributed by atoms with van der Waals surface area (Å²) in [6.45, 7) is 0.525. The van der Waals surface area contributed by atoms with Crippen molar-refractivity contribution in [1.29, 1.82) is 0 Å². The highest BCUT2D eigenvalue weighted by molar-refractivity contribution is 7.94. The molecule has 1 N–H and O–H groups in total. The van der Waals surface area contributed by atoms with E-state index in [2.05, 4.69) is 9.37 Å². The van der Waals surface area contributed by atoms with E-state index in [1.807, 2.05) is 0 Å². The first-order valence-corrected chi connectivity index (χ1v) is 13.0. The van der Waals surface area contributed by atoms with Crippen molar-refractivity contribution in [3.8, 4) is 0 Å². The van der Waals surface area contributed by atoms with Crippen molar-refractivity contribution >= 4 is 35.6 Å². The van der Waals surface area contributed by atoms with Gasteiger partial charge in [-0.2, -0.15) is 0 Å². The summed E-state index contributed by atoms with van der Waals surface area (Å²) in [6, 6.07) is 2.98. The molecule has 0 radical (unpaired) electrons. The zero-order chi connectivity index (χ0) is 23.5. The number of hydrogen-bond donors (Lipinski definition) is 1. The smallest absolute Gasteiger partial charge is 0.340 e. The zero-order valence-electron chi connectivity index (χ0n) is 18.9. The maximum atomic E-state index is 13.0. The van der Waals surface area contributed by atoms with Gasteiger partial charge < -0.3 is 9.47 Å². The molecule has 184 valence electrons. The number of halogens is 1. The molecule has 0 amide bonds. The highest BCUT2D eigenvalue weighted by Crippen LogP contribution is 2.33. The molecule has 0 aromatic heterocycles. The third-order valence-corrected chi connectivity index (χ3v) is 7.61. The Hall–Kier alpha value is -1.32. The molecule has 2 fully saturated rings. The van der Waals surface area contributed by atoms with Gasteiger partial charge in [-0.25, -0.2) is 14.8 Å². The third-order valence-electron chi connectivity index (χ3n) is 6.65. The van der Waals surface area contributed by atoms with Gasteiger partial charge in [0.2, 0.25) is 0 Å². The molecule has 0 aliphatic heterocycles. The highest BCUT2D eigenvalue weighted by atomic mass is 35.5. The van der Waals surface area contributed by atoms with Gasteiger partial charge in [0.25, 0.3) is 0 Å². The van der Waals surface area contributed by atoms with Crippen LogP contribution in [0.5, 0.6) is 0 Å². The van der Waals surface area contributed by atoms with Crippen LogP contribution >= 0.6 is 23.6 Å². The van der Waals surface area contributed by atoms with Crippen LogP contribution in [0.25, 0.3) is 0 Å². The number of carbonyl (C=O) groups excluding carboxylic acids is 2. The van der Waals surface area contributed by atoms with Crippen LogP contribution in [0.4, 0.5) is 0 Å². The minimum Gasteiger partial charge on any atom is -0.462 e. The van der Waals surface area contributed by atoms with Crippen molar-refractivity contribution in [2.45, 2.75) is 81.9 Å². The first-order valence-electron chi connectivity index (χ1n) is 11.9. The van der Waals surface area contributed by atoms with Crippen LogP contribution in [0.1, 0.15) is 97.8 Å². The summed E-state index contributed by atoms with van der Waals surface area (Å²) in [5.74, 6) is -0.252. The summed E-state index contributed by atoms with van der Waals surface area (Å²) in [5.41, 5.74) is -0.106. The quantitative estimate of drug-likeness (QED) is 0.150. The SMILES string of the molecule is O=C(OCCC1CCCCC1)c1c(Cl)ccc(SOOO)c1C(=O)OCCC1CCCCC1. The van der Waals surface area contributed by atoms with Gasteiger partial charge in [-0.05, 0) is 36.8 Å². The van der Waals surface area contributed by atoms with E-state index in [4.69, 9.17) is 26.3 Å². The predicted octanol–water partition coefficient (Wildman–Crippen LogP) is 7.02. The summed E-state index contributed by atoms with van der Waals surface area (Å²) < 4.78 is 15.5. The second kappa shape index (κ2) is 14.2. The summed E-state index contributed by atoms with van der Waals surface area (Å²) >= 11 is 6.90. The molecule has 7 nitrogen and oxygen atoms in total. The van der Waals surface area contributed by atoms with Gasteiger partial charge in [-0.15, -0.1) is 4.33 Å². The van der Waals surface area contributed by atoms with E-state index in [0.717, 1.165) is 38.5 Å². The minimum absolute atomic E-state index is 0.0455. The fourth-order valence-corrected chi connectivity index (χ4v) is 5.54. The summed E-state index contributed by atoms with van der Waals surface area (Å²) in [4.78, 5) is 26.2. The average molecular weight is 501 g/mol. The maximum absolute atomic E-state index is 13.0. The zero-order valence-corrected chi connectivity index (χ0v) is 20.5. The van der Waals surface area contributed by atoms with E-state index in [1.165, 1.54) is 50.7 Å². The van der Waals surface area contributed by atoms with Crippen LogP contribution in [0.3, 0.4) is 0 Å². The molecule has 0 bridgehead atoms. The van der Waals surface area contributed by atoms with E-state index in [9.17, 15) is 9.59 Å². The van der Waals surface area contributed by atoms with Crippen LogP contribution in [0, 0.1) is 11.8 Å². The molecule has 0 saturated heterocycles. The molecule has 33 heavy (non-hydrogen) atoms. The van der Waals surface area contributed by atoms with Crippen LogP contribution < -0.4 is 0 Å². The molecule has 0 spiro atoms. The first kappa shape index (κ1) is 26.3. The van der Waals surface area contributed by atoms with Gasteiger partial charge >= 0.3 is 11.9 Å². The van der Waals surface area contributed by atoms with Crippen LogP contribution in [0.2, 0.25) is 5.02 Å². The molecule has 0 atom stereocenters.